The number of aliphatic hydroxyl groups excluding tert-OH is 1. The van der Waals surface area contributed by atoms with Gasteiger partial charge in [0.05, 0.1) is 12.6 Å². The number of aliphatic hydroxyl groups is 1. The summed E-state index contributed by atoms with van der Waals surface area (Å²) < 4.78 is 0. The van der Waals surface area contributed by atoms with Crippen LogP contribution in [0, 0.1) is 17.8 Å². The van der Waals surface area contributed by atoms with Gasteiger partial charge in [-0.1, -0.05) is 48.0 Å². The molecule has 0 bridgehead atoms. The number of nitrogens with zero attached hydrogens (tertiary/aromatic N) is 2. The van der Waals surface area contributed by atoms with Crippen molar-refractivity contribution < 1.29 is 43.8 Å². The fourth-order valence-corrected chi connectivity index (χ4v) is 5.96. The van der Waals surface area contributed by atoms with Gasteiger partial charge in [-0.15, -0.1) is 0 Å². The second-order valence-corrected chi connectivity index (χ2v) is 14.8. The quantitative estimate of drug-likeness (QED) is 0.0307. The van der Waals surface area contributed by atoms with Gasteiger partial charge in [0.15, 0.2) is 5.96 Å². The van der Waals surface area contributed by atoms with Crippen molar-refractivity contribution in [3.63, 3.8) is 0 Å². The van der Waals surface area contributed by atoms with Crippen molar-refractivity contribution in [2.24, 2.45) is 39.9 Å². The molecule has 0 aromatic rings. The molecule has 19 nitrogen and oxygen atoms in total. The number of carboxylic acids is 1. The summed E-state index contributed by atoms with van der Waals surface area (Å²) in [6.07, 6.45) is 2.02. The Morgan fingerprint density at radius 2 is 1.30 bits per heavy atom. The molecule has 1 heterocycles. The fourth-order valence-electron chi connectivity index (χ4n) is 5.96. The van der Waals surface area contributed by atoms with Gasteiger partial charge in [0.2, 0.25) is 35.4 Å². The number of amides is 6. The maximum Gasteiger partial charge on any atom is 0.326 e. The topological polar surface area (TPSA) is 314 Å². The number of rotatable bonds is 23. The number of carboxylic acid groups (broad SMARTS) is 1. The molecule has 1 aliphatic rings. The van der Waals surface area contributed by atoms with Gasteiger partial charge in [-0.2, -0.15) is 0 Å². The van der Waals surface area contributed by atoms with Gasteiger partial charge in [0.25, 0.3) is 0 Å². The lowest BCUT2D eigenvalue weighted by Crippen LogP contribution is -2.61. The van der Waals surface area contributed by atoms with E-state index < -0.39 is 90.3 Å². The van der Waals surface area contributed by atoms with Crippen molar-refractivity contribution >= 4 is 47.4 Å². The first kappa shape index (κ1) is 47.5. The van der Waals surface area contributed by atoms with Crippen LogP contribution in [0.1, 0.15) is 93.4 Å². The highest BCUT2D eigenvalue weighted by molar-refractivity contribution is 5.97. The maximum absolute atomic E-state index is 13.8. The molecule has 13 N–H and O–H groups in total. The number of nitrogens with one attached hydrogen (secondary N) is 5. The summed E-state index contributed by atoms with van der Waals surface area (Å²) in [5.74, 6) is -6.03. The average Bonchev–Trinajstić information content (AvgIpc) is 3.58. The molecule has 6 amide bonds. The summed E-state index contributed by atoms with van der Waals surface area (Å²) in [6, 6.07) is -7.86. The molecule has 0 unspecified atom stereocenters. The number of aliphatic carboxylic acids is 1. The van der Waals surface area contributed by atoms with Crippen LogP contribution in [0.5, 0.6) is 0 Å². The second kappa shape index (κ2) is 23.3. The van der Waals surface area contributed by atoms with E-state index in [0.717, 1.165) is 0 Å². The third-order valence-electron chi connectivity index (χ3n) is 9.08. The van der Waals surface area contributed by atoms with Crippen LogP contribution in [0.15, 0.2) is 4.99 Å². The van der Waals surface area contributed by atoms with E-state index in [1.165, 1.54) is 4.90 Å². The van der Waals surface area contributed by atoms with Crippen molar-refractivity contribution in [1.29, 1.82) is 0 Å². The third-order valence-corrected chi connectivity index (χ3v) is 9.08. The highest BCUT2D eigenvalue weighted by atomic mass is 16.4. The molecule has 0 aromatic heterocycles. The molecular formula is C35H64N10O9. The first-order valence-electron chi connectivity index (χ1n) is 18.7. The minimum Gasteiger partial charge on any atom is -0.480 e. The summed E-state index contributed by atoms with van der Waals surface area (Å²) in [5.41, 5.74) is 16.3. The number of nitrogens with two attached hydrogens (primary N) is 3. The molecule has 0 saturated carbocycles. The van der Waals surface area contributed by atoms with Gasteiger partial charge in [0.1, 0.15) is 36.3 Å². The minimum atomic E-state index is -1.55. The van der Waals surface area contributed by atoms with E-state index in [2.05, 4.69) is 31.6 Å². The molecule has 1 rings (SSSR count). The Bertz CT molecular complexity index is 1320. The summed E-state index contributed by atoms with van der Waals surface area (Å²) >= 11 is 0. The Hall–Kier alpha value is -4.52. The molecule has 0 spiro atoms. The van der Waals surface area contributed by atoms with Crippen LogP contribution in [0.4, 0.5) is 0 Å². The molecule has 1 aliphatic heterocycles. The summed E-state index contributed by atoms with van der Waals surface area (Å²) in [6.45, 7) is 12.1. The molecule has 1 saturated heterocycles. The molecule has 308 valence electrons. The first-order valence-corrected chi connectivity index (χ1v) is 18.7. The highest BCUT2D eigenvalue weighted by Crippen LogP contribution is 2.19. The third kappa shape index (κ3) is 15.8. The van der Waals surface area contributed by atoms with Gasteiger partial charge < -0.3 is 58.9 Å². The fraction of sp³-hybridized carbons (Fsp3) is 0.771. The second-order valence-electron chi connectivity index (χ2n) is 14.8. The van der Waals surface area contributed by atoms with Gasteiger partial charge in [-0.05, 0) is 63.2 Å². The van der Waals surface area contributed by atoms with E-state index in [0.29, 0.717) is 25.8 Å². The smallest absolute Gasteiger partial charge is 0.326 e. The van der Waals surface area contributed by atoms with Crippen LogP contribution in [0.25, 0.3) is 0 Å². The molecule has 0 aromatic carbocycles. The van der Waals surface area contributed by atoms with Crippen LogP contribution in [-0.4, -0.2) is 124 Å². The minimum absolute atomic E-state index is 0.0337. The van der Waals surface area contributed by atoms with E-state index in [-0.39, 0.29) is 55.9 Å². The standard InChI is InChI=1S/C35H64N10O9/c1-8-20(6)27(44-29(48)24(16-19(4)5)41-31(50)26-12-10-14-45(26)33(52)21(7)36)32(51)42-23(15-18(2)3)28(47)43-25(17-46)30(49)40-22(34(53)54)11-9-13-39-35(37)38/h18-27,46H,8-17,36H2,1-7H3,(H,40,49)(H,41,50)(H,42,51)(H,43,47)(H,44,48)(H,53,54)(H4,37,38,39)/t20-,21-,22-,23-,24-,25-,26-,27-/m0/s1. The number of likely N-dealkylation sites (tertiary alicyclic amines) is 1. The molecular weight excluding hydrogens is 704 g/mol. The summed E-state index contributed by atoms with van der Waals surface area (Å²) in [7, 11) is 0. The van der Waals surface area contributed by atoms with Crippen LogP contribution < -0.4 is 43.8 Å². The number of aliphatic imine (C=N–C) groups is 1. The molecule has 19 heteroatoms. The van der Waals surface area contributed by atoms with Crippen LogP contribution in [-0.2, 0) is 33.6 Å². The Kier molecular flexibility index (Phi) is 20.5. The largest absolute Gasteiger partial charge is 0.480 e. The highest BCUT2D eigenvalue weighted by Gasteiger charge is 2.38. The predicted octanol–water partition coefficient (Wildman–Crippen LogP) is -1.98. The summed E-state index contributed by atoms with van der Waals surface area (Å²) in [5, 5.41) is 32.5. The number of hydrogen-bond donors (Lipinski definition) is 10. The van der Waals surface area contributed by atoms with Crippen LogP contribution in [0.3, 0.4) is 0 Å². The van der Waals surface area contributed by atoms with Gasteiger partial charge in [-0.3, -0.25) is 33.8 Å². The van der Waals surface area contributed by atoms with Crippen molar-refractivity contribution in [3.8, 4) is 0 Å². The molecule has 0 radical (unpaired) electrons. The van der Waals surface area contributed by atoms with E-state index >= 15 is 0 Å². The van der Waals surface area contributed by atoms with E-state index in [4.69, 9.17) is 17.2 Å². The normalized spacial score (nSPS) is 18.0. The Morgan fingerprint density at radius 3 is 1.80 bits per heavy atom. The van der Waals surface area contributed by atoms with E-state index in [1.807, 2.05) is 34.6 Å². The Balaban J connectivity index is 3.16. The number of hydrogen-bond acceptors (Lipinski definition) is 10. The lowest BCUT2D eigenvalue weighted by atomic mass is 9.95. The molecule has 0 aliphatic carbocycles. The predicted molar refractivity (Wildman–Crippen MR) is 201 cm³/mol. The lowest BCUT2D eigenvalue weighted by molar-refractivity contribution is -0.142. The number of guanidine groups is 1. The SMILES string of the molecule is CC[C@H](C)[C@H](NC(=O)[C@H](CC(C)C)NC(=O)[C@@H]1CCCN1C(=O)[C@H](C)N)C(=O)N[C@@H](CC(C)C)C(=O)N[C@@H](CO)C(=O)N[C@@H](CCCN=C(N)N)C(=O)O. The van der Waals surface area contributed by atoms with Crippen molar-refractivity contribution in [3.05, 3.63) is 0 Å². The van der Waals surface area contributed by atoms with Crippen LogP contribution in [0.2, 0.25) is 0 Å². The van der Waals surface area contributed by atoms with Gasteiger partial charge >= 0.3 is 5.97 Å². The lowest BCUT2D eigenvalue weighted by Gasteiger charge is -2.31. The van der Waals surface area contributed by atoms with E-state index in [1.54, 1.807) is 13.8 Å². The van der Waals surface area contributed by atoms with Crippen molar-refractivity contribution in [1.82, 2.24) is 31.5 Å². The van der Waals surface area contributed by atoms with E-state index in [9.17, 15) is 43.8 Å². The number of carbonyl (C=O) groups is 7. The Morgan fingerprint density at radius 1 is 0.778 bits per heavy atom. The van der Waals surface area contributed by atoms with Gasteiger partial charge in [-0.25, -0.2) is 4.79 Å². The zero-order valence-electron chi connectivity index (χ0n) is 32.7. The van der Waals surface area contributed by atoms with Crippen molar-refractivity contribution in [2.45, 2.75) is 136 Å². The zero-order valence-corrected chi connectivity index (χ0v) is 32.7. The molecule has 54 heavy (non-hydrogen) atoms. The van der Waals surface area contributed by atoms with Crippen molar-refractivity contribution in [2.75, 3.05) is 19.7 Å². The maximum atomic E-state index is 13.8. The zero-order chi connectivity index (χ0) is 41.3. The average molecular weight is 769 g/mol. The molecule has 8 atom stereocenters. The Labute approximate surface area is 317 Å². The molecule has 1 fully saturated rings. The van der Waals surface area contributed by atoms with Gasteiger partial charge in [0, 0.05) is 13.1 Å². The summed E-state index contributed by atoms with van der Waals surface area (Å²) in [4.78, 5) is 97.1. The monoisotopic (exact) mass is 768 g/mol. The first-order chi connectivity index (χ1) is 25.2. The van der Waals surface area contributed by atoms with Crippen LogP contribution >= 0.6 is 0 Å². The number of carbonyl (C=O) groups excluding carboxylic acids is 6.